The molecule has 0 amide bonds. The maximum absolute atomic E-state index is 12.9. The van der Waals surface area contributed by atoms with Crippen molar-refractivity contribution in [2.75, 3.05) is 19.6 Å². The van der Waals surface area contributed by atoms with E-state index < -0.39 is 10.0 Å². The monoisotopic (exact) mass is 376 g/mol. The van der Waals surface area contributed by atoms with Crippen LogP contribution in [0.1, 0.15) is 17.3 Å². The molecule has 126 valence electrons. The Morgan fingerprint density at radius 2 is 2.17 bits per heavy atom. The lowest BCUT2D eigenvalue weighted by atomic mass is 10.1. The molecule has 0 spiro atoms. The second-order valence-electron chi connectivity index (χ2n) is 5.25. The predicted octanol–water partition coefficient (Wildman–Crippen LogP) is 2.13. The van der Waals surface area contributed by atoms with Crippen molar-refractivity contribution in [1.82, 2.24) is 19.8 Å². The molecule has 1 aliphatic heterocycles. The van der Waals surface area contributed by atoms with Gasteiger partial charge in [0.05, 0.1) is 17.9 Å². The van der Waals surface area contributed by atoms with E-state index in [9.17, 15) is 8.42 Å². The zero-order valence-corrected chi connectivity index (χ0v) is 14.9. The Morgan fingerprint density at radius 3 is 2.83 bits per heavy atom. The van der Waals surface area contributed by atoms with Crippen molar-refractivity contribution < 1.29 is 8.42 Å². The lowest BCUT2D eigenvalue weighted by Gasteiger charge is -2.35. The summed E-state index contributed by atoms with van der Waals surface area (Å²) >= 11 is 6.05. The van der Waals surface area contributed by atoms with Crippen LogP contribution in [0.25, 0.3) is 0 Å². The number of aryl methyl sites for hydroxylation is 1. The molecule has 1 aromatic heterocycles. The number of nitrogens with one attached hydrogen (secondary N) is 2. The van der Waals surface area contributed by atoms with Crippen LogP contribution in [0.15, 0.2) is 35.4 Å². The Morgan fingerprint density at radius 1 is 1.39 bits per heavy atom. The van der Waals surface area contributed by atoms with Gasteiger partial charge in [0, 0.05) is 24.7 Å². The minimum Gasteiger partial charge on any atom is -0.313 e. The van der Waals surface area contributed by atoms with Crippen molar-refractivity contribution in [3.63, 3.8) is 0 Å². The van der Waals surface area contributed by atoms with Gasteiger partial charge in [-0.3, -0.25) is 5.10 Å². The number of sulfonamides is 1. The van der Waals surface area contributed by atoms with Gasteiger partial charge in [0.25, 0.3) is 0 Å². The molecule has 1 saturated heterocycles. The van der Waals surface area contributed by atoms with Crippen molar-refractivity contribution >= 4 is 34.0 Å². The van der Waals surface area contributed by atoms with Crippen molar-refractivity contribution in [1.29, 1.82) is 0 Å². The van der Waals surface area contributed by atoms with Crippen molar-refractivity contribution in [2.45, 2.75) is 17.9 Å². The number of hydrogen-bond acceptors (Lipinski definition) is 4. The third kappa shape index (κ3) is 3.54. The fourth-order valence-corrected chi connectivity index (χ4v) is 4.63. The van der Waals surface area contributed by atoms with E-state index in [-0.39, 0.29) is 23.3 Å². The number of benzene rings is 1. The molecule has 1 fully saturated rings. The van der Waals surface area contributed by atoms with Gasteiger partial charge in [-0.05, 0) is 24.6 Å². The van der Waals surface area contributed by atoms with Crippen LogP contribution >= 0.6 is 24.0 Å². The summed E-state index contributed by atoms with van der Waals surface area (Å²) in [5, 5.41) is 10.4. The molecule has 2 aromatic rings. The minimum atomic E-state index is -3.60. The molecule has 1 aromatic carbocycles. The molecular formula is C14H18Cl2N4O2S. The van der Waals surface area contributed by atoms with Crippen LogP contribution in [0.4, 0.5) is 0 Å². The van der Waals surface area contributed by atoms with E-state index in [1.165, 1.54) is 10.5 Å². The van der Waals surface area contributed by atoms with Crippen LogP contribution in [-0.2, 0) is 10.0 Å². The number of H-pyrrole nitrogens is 1. The minimum absolute atomic E-state index is 0. The van der Waals surface area contributed by atoms with Crippen molar-refractivity contribution in [3.8, 4) is 0 Å². The van der Waals surface area contributed by atoms with Crippen molar-refractivity contribution in [2.24, 2.45) is 0 Å². The zero-order valence-electron chi connectivity index (χ0n) is 12.5. The standard InChI is InChI=1S/C14H17ClN4O2S.ClH/c1-10-14(9-17-18-10)22(20,21)19-6-5-16-8-13(19)11-3-2-4-12(15)7-11;/h2-4,7,9,13,16H,5-6,8H2,1H3,(H,17,18);1H. The van der Waals surface area contributed by atoms with E-state index in [2.05, 4.69) is 15.5 Å². The second-order valence-corrected chi connectivity index (χ2v) is 7.55. The van der Waals surface area contributed by atoms with Gasteiger partial charge in [0.1, 0.15) is 4.90 Å². The Balaban J connectivity index is 0.00000192. The lowest BCUT2D eigenvalue weighted by Crippen LogP contribution is -2.48. The fourth-order valence-electron chi connectivity index (χ4n) is 2.70. The molecule has 1 aliphatic rings. The van der Waals surface area contributed by atoms with Crippen LogP contribution in [-0.4, -0.2) is 42.6 Å². The molecule has 2 N–H and O–H groups in total. The Hall–Kier alpha value is -1.12. The summed E-state index contributed by atoms with van der Waals surface area (Å²) in [7, 11) is -3.60. The highest BCUT2D eigenvalue weighted by Crippen LogP contribution is 2.30. The van der Waals surface area contributed by atoms with Gasteiger partial charge in [-0.25, -0.2) is 8.42 Å². The molecule has 9 heteroatoms. The normalized spacial score (nSPS) is 19.3. The average molecular weight is 377 g/mol. The van der Waals surface area contributed by atoms with Crippen LogP contribution in [0.5, 0.6) is 0 Å². The highest BCUT2D eigenvalue weighted by Gasteiger charge is 2.35. The van der Waals surface area contributed by atoms with E-state index in [0.29, 0.717) is 30.4 Å². The van der Waals surface area contributed by atoms with Gasteiger partial charge in [-0.2, -0.15) is 9.40 Å². The van der Waals surface area contributed by atoms with Crippen LogP contribution in [0.3, 0.4) is 0 Å². The number of piperazine rings is 1. The van der Waals surface area contributed by atoms with E-state index in [1.807, 2.05) is 18.2 Å². The van der Waals surface area contributed by atoms with Crippen LogP contribution < -0.4 is 5.32 Å². The molecule has 0 aliphatic carbocycles. The summed E-state index contributed by atoms with van der Waals surface area (Å²) in [5.74, 6) is 0. The highest BCUT2D eigenvalue weighted by atomic mass is 35.5. The van der Waals surface area contributed by atoms with Gasteiger partial charge < -0.3 is 5.32 Å². The SMILES string of the molecule is Cc1[nH]ncc1S(=O)(=O)N1CCNCC1c1cccc(Cl)c1.Cl. The molecule has 6 nitrogen and oxygen atoms in total. The van der Waals surface area contributed by atoms with Gasteiger partial charge in [0.2, 0.25) is 10.0 Å². The van der Waals surface area contributed by atoms with E-state index in [0.717, 1.165) is 5.56 Å². The smallest absolute Gasteiger partial charge is 0.247 e. The summed E-state index contributed by atoms with van der Waals surface area (Å²) in [6, 6.07) is 7.03. The number of aromatic nitrogens is 2. The van der Waals surface area contributed by atoms with Gasteiger partial charge >= 0.3 is 0 Å². The predicted molar refractivity (Wildman–Crippen MR) is 91.5 cm³/mol. The van der Waals surface area contributed by atoms with Crippen LogP contribution in [0, 0.1) is 6.92 Å². The third-order valence-corrected chi connectivity index (χ3v) is 6.06. The maximum atomic E-state index is 12.9. The first-order valence-electron chi connectivity index (χ1n) is 6.98. The second kappa shape index (κ2) is 7.19. The summed E-state index contributed by atoms with van der Waals surface area (Å²) in [6.45, 7) is 3.28. The average Bonchev–Trinajstić information content (AvgIpc) is 2.94. The summed E-state index contributed by atoms with van der Waals surface area (Å²) in [5.41, 5.74) is 1.42. The Kier molecular flexibility index (Phi) is 5.70. The molecule has 0 saturated carbocycles. The van der Waals surface area contributed by atoms with Crippen molar-refractivity contribution in [3.05, 3.63) is 46.7 Å². The summed E-state index contributed by atoms with van der Waals surface area (Å²) in [6.07, 6.45) is 1.36. The topological polar surface area (TPSA) is 78.1 Å². The first-order chi connectivity index (χ1) is 10.5. The van der Waals surface area contributed by atoms with E-state index in [4.69, 9.17) is 11.6 Å². The number of aromatic amines is 1. The van der Waals surface area contributed by atoms with E-state index in [1.54, 1.807) is 13.0 Å². The van der Waals surface area contributed by atoms with Gasteiger partial charge in [0.15, 0.2) is 0 Å². The lowest BCUT2D eigenvalue weighted by molar-refractivity contribution is 0.271. The highest BCUT2D eigenvalue weighted by molar-refractivity contribution is 7.89. The molecule has 2 heterocycles. The molecule has 23 heavy (non-hydrogen) atoms. The number of nitrogens with zero attached hydrogens (tertiary/aromatic N) is 2. The van der Waals surface area contributed by atoms with Crippen LogP contribution in [0.2, 0.25) is 5.02 Å². The van der Waals surface area contributed by atoms with Gasteiger partial charge in [-0.15, -0.1) is 12.4 Å². The number of rotatable bonds is 3. The third-order valence-electron chi connectivity index (χ3n) is 3.80. The van der Waals surface area contributed by atoms with Gasteiger partial charge in [-0.1, -0.05) is 23.7 Å². The number of halogens is 2. The quantitative estimate of drug-likeness (QED) is 0.859. The molecule has 0 bridgehead atoms. The fraction of sp³-hybridized carbons (Fsp3) is 0.357. The largest absolute Gasteiger partial charge is 0.313 e. The molecule has 3 rings (SSSR count). The Bertz CT molecular complexity index is 779. The summed E-state index contributed by atoms with van der Waals surface area (Å²) < 4.78 is 27.4. The molecule has 1 unspecified atom stereocenters. The summed E-state index contributed by atoms with van der Waals surface area (Å²) in [4.78, 5) is 0.224. The zero-order chi connectivity index (χ0) is 15.7. The number of hydrogen-bond donors (Lipinski definition) is 2. The molecule has 1 atom stereocenters. The Labute approximate surface area is 146 Å². The van der Waals surface area contributed by atoms with E-state index >= 15 is 0 Å². The molecule has 0 radical (unpaired) electrons. The first-order valence-corrected chi connectivity index (χ1v) is 8.80. The molecular weight excluding hydrogens is 359 g/mol. The maximum Gasteiger partial charge on any atom is 0.247 e. The first kappa shape index (κ1) is 18.2.